The van der Waals surface area contributed by atoms with Crippen LogP contribution in [-0.4, -0.2) is 41.8 Å². The molecular weight excluding hydrogens is 422 g/mol. The maximum absolute atomic E-state index is 6.15. The molecule has 0 fully saturated rings. The van der Waals surface area contributed by atoms with Crippen molar-refractivity contribution in [1.82, 2.24) is 14.5 Å². The van der Waals surface area contributed by atoms with Crippen LogP contribution in [0.15, 0.2) is 66.3 Å². The van der Waals surface area contributed by atoms with Gasteiger partial charge in [0.1, 0.15) is 12.4 Å². The van der Waals surface area contributed by atoms with Crippen molar-refractivity contribution in [2.75, 3.05) is 27.4 Å². The van der Waals surface area contributed by atoms with E-state index in [9.17, 15) is 0 Å². The fraction of sp³-hybridized carbons (Fsp3) is 0.240. The maximum atomic E-state index is 6.15. The van der Waals surface area contributed by atoms with Gasteiger partial charge in [0.2, 0.25) is 0 Å². The number of nitrogens with zero attached hydrogens (tertiary/aromatic N) is 3. The highest BCUT2D eigenvalue weighted by Gasteiger charge is 2.22. The summed E-state index contributed by atoms with van der Waals surface area (Å²) in [5.74, 6) is 2.41. The van der Waals surface area contributed by atoms with E-state index in [2.05, 4.69) is 44.9 Å². The van der Waals surface area contributed by atoms with Crippen molar-refractivity contribution in [3.8, 4) is 33.5 Å². The lowest BCUT2D eigenvalue weighted by molar-refractivity contribution is 0.214. The van der Waals surface area contributed by atoms with Crippen molar-refractivity contribution in [3.63, 3.8) is 0 Å². The number of thiazole rings is 1. The number of para-hydroxylation sites is 1. The average Bonchev–Trinajstić information content (AvgIpc) is 3.47. The van der Waals surface area contributed by atoms with Crippen LogP contribution in [0.1, 0.15) is 11.3 Å². The second-order valence-corrected chi connectivity index (χ2v) is 8.48. The number of hydrogen-bond donors (Lipinski definition) is 0. The van der Waals surface area contributed by atoms with Gasteiger partial charge in [0.05, 0.1) is 14.2 Å². The largest absolute Gasteiger partial charge is 0.496 e. The smallest absolute Gasteiger partial charge is 0.193 e. The van der Waals surface area contributed by atoms with Crippen LogP contribution >= 0.6 is 11.3 Å². The quantitative estimate of drug-likeness (QED) is 0.416. The Balaban J connectivity index is 1.48. The molecule has 0 saturated carbocycles. The molecule has 0 radical (unpaired) electrons. The molecule has 2 aromatic carbocycles. The molecule has 0 saturated heterocycles. The van der Waals surface area contributed by atoms with E-state index in [1.807, 2.05) is 35.8 Å². The highest BCUT2D eigenvalue weighted by molar-refractivity contribution is 7.12. The molecule has 1 aliphatic rings. The van der Waals surface area contributed by atoms with E-state index in [4.69, 9.17) is 14.2 Å². The van der Waals surface area contributed by atoms with Gasteiger partial charge in [-0.1, -0.05) is 18.2 Å². The zero-order chi connectivity index (χ0) is 21.9. The van der Waals surface area contributed by atoms with Gasteiger partial charge in [-0.2, -0.15) is 0 Å². The second-order valence-electron chi connectivity index (χ2n) is 7.61. The summed E-state index contributed by atoms with van der Waals surface area (Å²) in [5.41, 5.74) is 4.39. The highest BCUT2D eigenvalue weighted by atomic mass is 32.1. The molecule has 164 valence electrons. The number of fused-ring (bicyclic) bond motifs is 1. The molecule has 0 atom stereocenters. The Hall–Kier alpha value is -3.29. The summed E-state index contributed by atoms with van der Waals surface area (Å²) in [6.45, 7) is 2.99. The third-order valence-electron chi connectivity index (χ3n) is 5.66. The van der Waals surface area contributed by atoms with Gasteiger partial charge in [0, 0.05) is 54.2 Å². The van der Waals surface area contributed by atoms with E-state index >= 15 is 0 Å². The summed E-state index contributed by atoms with van der Waals surface area (Å²) in [6, 6.07) is 16.5. The fourth-order valence-corrected chi connectivity index (χ4v) is 4.82. The van der Waals surface area contributed by atoms with Crippen LogP contribution < -0.4 is 14.2 Å². The molecule has 6 nitrogen and oxygen atoms in total. The van der Waals surface area contributed by atoms with Crippen molar-refractivity contribution in [2.45, 2.75) is 13.1 Å². The molecule has 32 heavy (non-hydrogen) atoms. The molecule has 0 spiro atoms. The first kappa shape index (κ1) is 20.6. The number of hydrogen-bond acceptors (Lipinski definition) is 6. The monoisotopic (exact) mass is 447 g/mol. The normalized spacial score (nSPS) is 13.8. The minimum absolute atomic E-state index is 0.606. The number of ether oxygens (including phenoxy) is 3. The Bertz CT molecular complexity index is 1200. The standard InChI is InChI=1S/C25H25N3O3S/c1-29-22-8-4-3-7-21(22)18-14-19-16-27(11-12-31-24(19)23(15-18)30-2)17-20-6-5-10-28(20)25-26-9-13-32-25/h3-10,13-15H,11-12,16-17H2,1-2H3. The summed E-state index contributed by atoms with van der Waals surface area (Å²) < 4.78 is 19.6. The van der Waals surface area contributed by atoms with Gasteiger partial charge in [-0.25, -0.2) is 4.98 Å². The summed E-state index contributed by atoms with van der Waals surface area (Å²) in [6.07, 6.45) is 3.91. The Labute approximate surface area is 191 Å². The van der Waals surface area contributed by atoms with Gasteiger partial charge in [0.25, 0.3) is 0 Å². The number of benzene rings is 2. The average molecular weight is 448 g/mol. The lowest BCUT2D eigenvalue weighted by atomic mass is 10.0. The summed E-state index contributed by atoms with van der Waals surface area (Å²) in [5, 5.41) is 2.98. The molecule has 3 heterocycles. The molecule has 0 aliphatic carbocycles. The highest BCUT2D eigenvalue weighted by Crippen LogP contribution is 2.40. The van der Waals surface area contributed by atoms with E-state index in [1.54, 1.807) is 25.6 Å². The van der Waals surface area contributed by atoms with Crippen molar-refractivity contribution >= 4 is 11.3 Å². The Morgan fingerprint density at radius 2 is 1.94 bits per heavy atom. The minimum Gasteiger partial charge on any atom is -0.496 e. The van der Waals surface area contributed by atoms with Crippen molar-refractivity contribution < 1.29 is 14.2 Å². The Kier molecular flexibility index (Phi) is 5.83. The van der Waals surface area contributed by atoms with E-state index in [-0.39, 0.29) is 0 Å². The van der Waals surface area contributed by atoms with E-state index in [1.165, 1.54) is 5.69 Å². The van der Waals surface area contributed by atoms with Crippen LogP contribution in [0.5, 0.6) is 17.2 Å². The van der Waals surface area contributed by atoms with Crippen LogP contribution in [-0.2, 0) is 13.1 Å². The van der Waals surface area contributed by atoms with Gasteiger partial charge in [-0.05, 0) is 35.9 Å². The number of aromatic nitrogens is 2. The predicted octanol–water partition coefficient (Wildman–Crippen LogP) is 5.01. The van der Waals surface area contributed by atoms with Gasteiger partial charge in [-0.3, -0.25) is 9.47 Å². The van der Waals surface area contributed by atoms with Gasteiger partial charge >= 0.3 is 0 Å². The van der Waals surface area contributed by atoms with Crippen molar-refractivity contribution in [3.05, 3.63) is 77.6 Å². The maximum Gasteiger partial charge on any atom is 0.193 e. The van der Waals surface area contributed by atoms with E-state index < -0.39 is 0 Å². The van der Waals surface area contributed by atoms with Crippen LogP contribution in [0.3, 0.4) is 0 Å². The minimum atomic E-state index is 0.606. The molecule has 2 aromatic heterocycles. The van der Waals surface area contributed by atoms with Crippen LogP contribution in [0, 0.1) is 0 Å². The van der Waals surface area contributed by atoms with Crippen LogP contribution in [0.25, 0.3) is 16.3 Å². The third-order valence-corrected chi connectivity index (χ3v) is 6.43. The SMILES string of the molecule is COc1ccccc1-c1cc2c(c(OC)c1)OCCN(Cc1cccn1-c1nccs1)C2. The molecule has 0 amide bonds. The molecule has 7 heteroatoms. The van der Waals surface area contributed by atoms with Gasteiger partial charge in [-0.15, -0.1) is 11.3 Å². The summed E-state index contributed by atoms with van der Waals surface area (Å²) >= 11 is 1.64. The molecule has 0 unspecified atom stereocenters. The first-order chi connectivity index (χ1) is 15.8. The van der Waals surface area contributed by atoms with E-state index in [0.717, 1.165) is 58.7 Å². The first-order valence-electron chi connectivity index (χ1n) is 10.5. The Morgan fingerprint density at radius 3 is 2.75 bits per heavy atom. The molecule has 0 N–H and O–H groups in total. The van der Waals surface area contributed by atoms with Crippen molar-refractivity contribution in [1.29, 1.82) is 0 Å². The predicted molar refractivity (Wildman–Crippen MR) is 126 cm³/mol. The van der Waals surface area contributed by atoms with E-state index in [0.29, 0.717) is 6.61 Å². The zero-order valence-electron chi connectivity index (χ0n) is 18.2. The zero-order valence-corrected chi connectivity index (χ0v) is 19.0. The molecule has 0 bridgehead atoms. The summed E-state index contributed by atoms with van der Waals surface area (Å²) in [4.78, 5) is 6.86. The second kappa shape index (κ2) is 9.06. The van der Waals surface area contributed by atoms with Crippen LogP contribution in [0.2, 0.25) is 0 Å². The molecule has 4 aromatic rings. The van der Waals surface area contributed by atoms with Gasteiger partial charge in [0.15, 0.2) is 16.6 Å². The first-order valence-corrected chi connectivity index (χ1v) is 11.4. The lowest BCUT2D eigenvalue weighted by Crippen LogP contribution is -2.26. The van der Waals surface area contributed by atoms with Crippen molar-refractivity contribution in [2.24, 2.45) is 0 Å². The van der Waals surface area contributed by atoms with Crippen LogP contribution in [0.4, 0.5) is 0 Å². The van der Waals surface area contributed by atoms with Gasteiger partial charge < -0.3 is 14.2 Å². The number of methoxy groups -OCH3 is 2. The topological polar surface area (TPSA) is 48.8 Å². The molecule has 5 rings (SSSR count). The summed E-state index contributed by atoms with van der Waals surface area (Å²) in [7, 11) is 3.39. The molecule has 1 aliphatic heterocycles. The lowest BCUT2D eigenvalue weighted by Gasteiger charge is -2.20. The molecular formula is C25H25N3O3S. The number of rotatable bonds is 6. The fourth-order valence-electron chi connectivity index (χ4n) is 4.16. The third kappa shape index (κ3) is 3.97. The Morgan fingerprint density at radius 1 is 1.06 bits per heavy atom.